The van der Waals surface area contributed by atoms with Crippen LogP contribution in [0, 0.1) is 0 Å². The van der Waals surface area contributed by atoms with E-state index in [1.165, 1.54) is 25.7 Å². The van der Waals surface area contributed by atoms with Crippen molar-refractivity contribution in [1.82, 2.24) is 14.8 Å². The number of nitrogens with zero attached hydrogens (tertiary/aromatic N) is 3. The Morgan fingerprint density at radius 3 is 3.13 bits per heavy atom. The first-order valence-corrected chi connectivity index (χ1v) is 6.56. The van der Waals surface area contributed by atoms with Crippen LogP contribution in [-0.4, -0.2) is 33.2 Å². The van der Waals surface area contributed by atoms with Crippen molar-refractivity contribution in [3.63, 3.8) is 0 Å². The number of hydrogen-bond donors (Lipinski definition) is 0. The molecule has 15 heavy (non-hydrogen) atoms. The van der Waals surface area contributed by atoms with Crippen molar-refractivity contribution in [1.29, 1.82) is 0 Å². The van der Waals surface area contributed by atoms with E-state index < -0.39 is 0 Å². The molecule has 3 rings (SSSR count). The van der Waals surface area contributed by atoms with E-state index in [0.717, 1.165) is 17.5 Å². The molecule has 1 aromatic rings. The highest BCUT2D eigenvalue weighted by Gasteiger charge is 2.26. The smallest absolute Gasteiger partial charge is 0.191 e. The summed E-state index contributed by atoms with van der Waals surface area (Å²) in [5.41, 5.74) is 0. The summed E-state index contributed by atoms with van der Waals surface area (Å²) in [5.74, 6) is 1.02. The second kappa shape index (κ2) is 4.14. The molecule has 1 unspecified atom stereocenters. The van der Waals surface area contributed by atoms with Gasteiger partial charge in [-0.1, -0.05) is 11.8 Å². The number of aromatic nitrogens is 3. The van der Waals surface area contributed by atoms with Crippen LogP contribution in [0.15, 0.2) is 11.5 Å². The van der Waals surface area contributed by atoms with Gasteiger partial charge in [-0.15, -0.1) is 10.2 Å². The third kappa shape index (κ3) is 2.18. The van der Waals surface area contributed by atoms with E-state index in [0.29, 0.717) is 12.1 Å². The van der Waals surface area contributed by atoms with E-state index in [-0.39, 0.29) is 0 Å². The minimum absolute atomic E-state index is 0.430. The zero-order valence-corrected chi connectivity index (χ0v) is 9.45. The highest BCUT2D eigenvalue weighted by atomic mass is 32.2. The van der Waals surface area contributed by atoms with E-state index in [1.807, 2.05) is 6.33 Å². The highest BCUT2D eigenvalue weighted by Crippen LogP contribution is 2.37. The Balaban J connectivity index is 1.58. The predicted molar refractivity (Wildman–Crippen MR) is 58.0 cm³/mol. The molecule has 2 aliphatic rings. The normalized spacial score (nSPS) is 26.0. The molecular formula is C10H15N3OS. The van der Waals surface area contributed by atoms with E-state index in [1.54, 1.807) is 11.8 Å². The number of rotatable bonds is 4. The van der Waals surface area contributed by atoms with Crippen molar-refractivity contribution in [2.75, 3.05) is 12.4 Å². The maximum Gasteiger partial charge on any atom is 0.191 e. The molecule has 0 radical (unpaired) electrons. The molecule has 0 spiro atoms. The van der Waals surface area contributed by atoms with Crippen LogP contribution in [0.5, 0.6) is 0 Å². The van der Waals surface area contributed by atoms with Gasteiger partial charge < -0.3 is 9.30 Å². The van der Waals surface area contributed by atoms with E-state index in [2.05, 4.69) is 14.8 Å². The number of ether oxygens (including phenoxy) is 1. The summed E-state index contributed by atoms with van der Waals surface area (Å²) in [6.07, 6.45) is 7.26. The fourth-order valence-electron chi connectivity index (χ4n) is 1.88. The molecule has 1 aliphatic heterocycles. The lowest BCUT2D eigenvalue weighted by molar-refractivity contribution is 0.129. The number of thioether (sulfide) groups is 1. The standard InChI is InChI=1S/C10H15N3OS/c1-2-9(14-5-1)6-15-10-12-11-7-13(10)8-3-4-8/h7-9H,1-6H2. The van der Waals surface area contributed by atoms with Crippen LogP contribution in [-0.2, 0) is 4.74 Å². The topological polar surface area (TPSA) is 39.9 Å². The first-order chi connectivity index (χ1) is 7.43. The van der Waals surface area contributed by atoms with Gasteiger partial charge in [0.1, 0.15) is 6.33 Å². The average Bonchev–Trinajstić information content (AvgIpc) is 2.81. The average molecular weight is 225 g/mol. The van der Waals surface area contributed by atoms with Gasteiger partial charge in [0, 0.05) is 18.4 Å². The summed E-state index contributed by atoms with van der Waals surface area (Å²) in [4.78, 5) is 0. The Morgan fingerprint density at radius 1 is 1.47 bits per heavy atom. The van der Waals surface area contributed by atoms with Gasteiger partial charge in [-0.05, 0) is 25.7 Å². The summed E-state index contributed by atoms with van der Waals surface area (Å²) >= 11 is 1.78. The van der Waals surface area contributed by atoms with Crippen LogP contribution >= 0.6 is 11.8 Å². The maximum atomic E-state index is 5.59. The molecule has 1 atom stereocenters. The SMILES string of the molecule is c1nnc(SCC2CCCO2)n1C1CC1. The summed E-state index contributed by atoms with van der Waals surface area (Å²) in [6, 6.07) is 0.673. The molecule has 1 aliphatic carbocycles. The van der Waals surface area contributed by atoms with Gasteiger partial charge in [-0.2, -0.15) is 0 Å². The lowest BCUT2D eigenvalue weighted by Gasteiger charge is -2.08. The van der Waals surface area contributed by atoms with Gasteiger partial charge in [-0.3, -0.25) is 0 Å². The summed E-state index contributed by atoms with van der Waals surface area (Å²) in [5, 5.41) is 9.20. The molecule has 2 fully saturated rings. The molecule has 82 valence electrons. The minimum Gasteiger partial charge on any atom is -0.377 e. The predicted octanol–water partition coefficient (Wildman–Crippen LogP) is 1.88. The van der Waals surface area contributed by atoms with E-state index in [9.17, 15) is 0 Å². The second-order valence-corrected chi connectivity index (χ2v) is 5.19. The third-order valence-electron chi connectivity index (χ3n) is 2.90. The minimum atomic E-state index is 0.430. The molecule has 0 N–H and O–H groups in total. The molecule has 0 amide bonds. The number of hydrogen-bond acceptors (Lipinski definition) is 4. The molecule has 1 aromatic heterocycles. The monoisotopic (exact) mass is 225 g/mol. The van der Waals surface area contributed by atoms with Crippen LogP contribution in [0.4, 0.5) is 0 Å². The summed E-state index contributed by atoms with van der Waals surface area (Å²) in [6.45, 7) is 0.931. The largest absolute Gasteiger partial charge is 0.377 e. The molecule has 2 heterocycles. The fourth-order valence-corrected chi connectivity index (χ4v) is 2.93. The fraction of sp³-hybridized carbons (Fsp3) is 0.800. The molecule has 5 heteroatoms. The van der Waals surface area contributed by atoms with Crippen molar-refractivity contribution in [2.24, 2.45) is 0 Å². The molecule has 4 nitrogen and oxygen atoms in total. The van der Waals surface area contributed by atoms with Gasteiger partial charge in [-0.25, -0.2) is 0 Å². The van der Waals surface area contributed by atoms with Crippen molar-refractivity contribution in [3.05, 3.63) is 6.33 Å². The van der Waals surface area contributed by atoms with Crippen LogP contribution in [0.3, 0.4) is 0 Å². The van der Waals surface area contributed by atoms with Gasteiger partial charge in [0.15, 0.2) is 5.16 Å². The highest BCUT2D eigenvalue weighted by molar-refractivity contribution is 7.99. The Bertz CT molecular complexity index is 331. The van der Waals surface area contributed by atoms with Crippen LogP contribution in [0.25, 0.3) is 0 Å². The summed E-state index contributed by atoms with van der Waals surface area (Å²) in [7, 11) is 0. The van der Waals surface area contributed by atoms with Gasteiger partial charge >= 0.3 is 0 Å². The van der Waals surface area contributed by atoms with Crippen LogP contribution < -0.4 is 0 Å². The van der Waals surface area contributed by atoms with E-state index in [4.69, 9.17) is 4.74 Å². The summed E-state index contributed by atoms with van der Waals surface area (Å²) < 4.78 is 7.80. The van der Waals surface area contributed by atoms with Crippen LogP contribution in [0.1, 0.15) is 31.7 Å². The Hall–Kier alpha value is -0.550. The lowest BCUT2D eigenvalue weighted by atomic mass is 10.3. The zero-order chi connectivity index (χ0) is 10.1. The van der Waals surface area contributed by atoms with Crippen molar-refractivity contribution >= 4 is 11.8 Å². The maximum absolute atomic E-state index is 5.59. The quantitative estimate of drug-likeness (QED) is 0.734. The van der Waals surface area contributed by atoms with Crippen molar-refractivity contribution < 1.29 is 4.74 Å². The Kier molecular flexibility index (Phi) is 2.66. The molecule has 1 saturated heterocycles. The van der Waals surface area contributed by atoms with Gasteiger partial charge in [0.2, 0.25) is 0 Å². The third-order valence-corrected chi connectivity index (χ3v) is 3.99. The van der Waals surface area contributed by atoms with Crippen molar-refractivity contribution in [2.45, 2.75) is 43.0 Å². The second-order valence-electron chi connectivity index (χ2n) is 4.20. The lowest BCUT2D eigenvalue weighted by Crippen LogP contribution is -2.08. The molecule has 1 saturated carbocycles. The molecular weight excluding hydrogens is 210 g/mol. The molecule has 0 bridgehead atoms. The first kappa shape index (κ1) is 9.66. The zero-order valence-electron chi connectivity index (χ0n) is 8.63. The Morgan fingerprint density at radius 2 is 2.40 bits per heavy atom. The van der Waals surface area contributed by atoms with Crippen molar-refractivity contribution in [3.8, 4) is 0 Å². The van der Waals surface area contributed by atoms with Gasteiger partial charge in [0.25, 0.3) is 0 Å². The van der Waals surface area contributed by atoms with Crippen LogP contribution in [0.2, 0.25) is 0 Å². The van der Waals surface area contributed by atoms with Gasteiger partial charge in [0.05, 0.1) is 6.10 Å². The van der Waals surface area contributed by atoms with E-state index >= 15 is 0 Å². The molecule has 0 aromatic carbocycles. The first-order valence-electron chi connectivity index (χ1n) is 5.57. The Labute approximate surface area is 93.4 Å².